The fourth-order valence-corrected chi connectivity index (χ4v) is 2.91. The number of ether oxygens (including phenoxy) is 1. The van der Waals surface area contributed by atoms with Crippen LogP contribution in [0.4, 0.5) is 23.1 Å². The minimum atomic E-state index is 0.625. The Balaban J connectivity index is 1.82. The number of para-hydroxylation sites is 2. The van der Waals surface area contributed by atoms with Crippen LogP contribution in [0.15, 0.2) is 36.5 Å². The summed E-state index contributed by atoms with van der Waals surface area (Å²) in [5.74, 6) is 1.57. The number of anilines is 4. The molecule has 0 unspecified atom stereocenters. The van der Waals surface area contributed by atoms with Gasteiger partial charge in [-0.1, -0.05) is 12.1 Å². The molecule has 0 atom stereocenters. The molecule has 6 heteroatoms. The van der Waals surface area contributed by atoms with E-state index in [1.165, 1.54) is 0 Å². The van der Waals surface area contributed by atoms with Crippen LogP contribution in [0.3, 0.4) is 0 Å². The monoisotopic (exact) mass is 327 g/mol. The van der Waals surface area contributed by atoms with E-state index in [4.69, 9.17) is 4.74 Å². The van der Waals surface area contributed by atoms with E-state index in [2.05, 4.69) is 57.1 Å². The second-order valence-corrected chi connectivity index (χ2v) is 5.65. The Labute approximate surface area is 143 Å². The van der Waals surface area contributed by atoms with E-state index in [0.29, 0.717) is 5.95 Å². The molecule has 0 bridgehead atoms. The first-order valence-corrected chi connectivity index (χ1v) is 8.58. The SMILES string of the molecule is CCN(CC)c1ccnc(Nc2ccccc2N2CCOCC2)n1. The molecule has 1 fully saturated rings. The summed E-state index contributed by atoms with van der Waals surface area (Å²) in [6, 6.07) is 10.2. The molecule has 3 rings (SSSR count). The molecule has 1 aromatic heterocycles. The molecule has 0 radical (unpaired) electrons. The normalized spacial score (nSPS) is 14.5. The number of rotatable bonds is 6. The van der Waals surface area contributed by atoms with Crippen molar-refractivity contribution < 1.29 is 4.74 Å². The van der Waals surface area contributed by atoms with Crippen LogP contribution in [0, 0.1) is 0 Å². The summed E-state index contributed by atoms with van der Waals surface area (Å²) in [4.78, 5) is 13.6. The Morgan fingerprint density at radius 1 is 1.12 bits per heavy atom. The fourth-order valence-electron chi connectivity index (χ4n) is 2.91. The highest BCUT2D eigenvalue weighted by molar-refractivity contribution is 5.73. The molecule has 1 N–H and O–H groups in total. The van der Waals surface area contributed by atoms with Crippen LogP contribution in [0.1, 0.15) is 13.8 Å². The van der Waals surface area contributed by atoms with Gasteiger partial charge in [0.05, 0.1) is 24.6 Å². The van der Waals surface area contributed by atoms with E-state index in [9.17, 15) is 0 Å². The van der Waals surface area contributed by atoms with Gasteiger partial charge < -0.3 is 19.9 Å². The van der Waals surface area contributed by atoms with Crippen LogP contribution < -0.4 is 15.1 Å². The second kappa shape index (κ2) is 7.97. The maximum Gasteiger partial charge on any atom is 0.229 e. The van der Waals surface area contributed by atoms with Crippen LogP contribution in [-0.4, -0.2) is 49.4 Å². The van der Waals surface area contributed by atoms with Gasteiger partial charge in [0.15, 0.2) is 0 Å². The zero-order chi connectivity index (χ0) is 16.8. The van der Waals surface area contributed by atoms with Crippen LogP contribution >= 0.6 is 0 Å². The van der Waals surface area contributed by atoms with Gasteiger partial charge in [-0.2, -0.15) is 4.98 Å². The summed E-state index contributed by atoms with van der Waals surface area (Å²) < 4.78 is 5.45. The van der Waals surface area contributed by atoms with Gasteiger partial charge in [0.2, 0.25) is 5.95 Å². The minimum Gasteiger partial charge on any atom is -0.378 e. The van der Waals surface area contributed by atoms with E-state index < -0.39 is 0 Å². The van der Waals surface area contributed by atoms with E-state index in [-0.39, 0.29) is 0 Å². The lowest BCUT2D eigenvalue weighted by Gasteiger charge is -2.30. The van der Waals surface area contributed by atoms with Gasteiger partial charge in [0.1, 0.15) is 5.82 Å². The molecule has 1 aromatic carbocycles. The standard InChI is InChI=1S/C18H25N5O/c1-3-22(4-2)17-9-10-19-18(21-17)20-15-7-5-6-8-16(15)23-11-13-24-14-12-23/h5-10H,3-4,11-14H2,1-2H3,(H,19,20,21). The summed E-state index contributed by atoms with van der Waals surface area (Å²) in [6.07, 6.45) is 1.81. The summed E-state index contributed by atoms with van der Waals surface area (Å²) in [5, 5.41) is 3.38. The van der Waals surface area contributed by atoms with Crippen molar-refractivity contribution >= 4 is 23.1 Å². The number of nitrogens with one attached hydrogen (secondary N) is 1. The maximum absolute atomic E-state index is 5.45. The van der Waals surface area contributed by atoms with Gasteiger partial charge in [-0.15, -0.1) is 0 Å². The molecule has 2 aromatic rings. The van der Waals surface area contributed by atoms with Gasteiger partial charge in [-0.3, -0.25) is 0 Å². The van der Waals surface area contributed by atoms with E-state index in [1.807, 2.05) is 12.1 Å². The highest BCUT2D eigenvalue weighted by Gasteiger charge is 2.15. The zero-order valence-corrected chi connectivity index (χ0v) is 14.4. The molecule has 1 aliphatic heterocycles. The first-order valence-electron chi connectivity index (χ1n) is 8.58. The first-order chi connectivity index (χ1) is 11.8. The largest absolute Gasteiger partial charge is 0.378 e. The first kappa shape index (κ1) is 16.5. The molecule has 6 nitrogen and oxygen atoms in total. The van der Waals surface area contributed by atoms with Crippen molar-refractivity contribution in [1.29, 1.82) is 0 Å². The van der Waals surface area contributed by atoms with Crippen molar-refractivity contribution in [3.63, 3.8) is 0 Å². The zero-order valence-electron chi connectivity index (χ0n) is 14.4. The molecule has 0 saturated carbocycles. The number of morpholine rings is 1. The fraction of sp³-hybridized carbons (Fsp3) is 0.444. The average molecular weight is 327 g/mol. The lowest BCUT2D eigenvalue weighted by Crippen LogP contribution is -2.36. The van der Waals surface area contributed by atoms with Crippen molar-refractivity contribution in [2.24, 2.45) is 0 Å². The van der Waals surface area contributed by atoms with Crippen molar-refractivity contribution in [1.82, 2.24) is 9.97 Å². The predicted molar refractivity (Wildman–Crippen MR) is 98.3 cm³/mol. The molecular weight excluding hydrogens is 302 g/mol. The van der Waals surface area contributed by atoms with E-state index in [0.717, 1.165) is 56.6 Å². The lowest BCUT2D eigenvalue weighted by molar-refractivity contribution is 0.123. The third kappa shape index (κ3) is 3.76. The van der Waals surface area contributed by atoms with Gasteiger partial charge in [0, 0.05) is 32.4 Å². The Kier molecular flexibility index (Phi) is 5.48. The van der Waals surface area contributed by atoms with Crippen LogP contribution in [0.2, 0.25) is 0 Å². The lowest BCUT2D eigenvalue weighted by atomic mass is 10.2. The third-order valence-corrected chi connectivity index (χ3v) is 4.23. The van der Waals surface area contributed by atoms with Crippen molar-refractivity contribution in [3.05, 3.63) is 36.5 Å². The third-order valence-electron chi connectivity index (χ3n) is 4.23. The quantitative estimate of drug-likeness (QED) is 0.880. The average Bonchev–Trinajstić information content (AvgIpc) is 2.64. The Morgan fingerprint density at radius 2 is 1.88 bits per heavy atom. The molecule has 128 valence electrons. The highest BCUT2D eigenvalue weighted by Crippen LogP contribution is 2.28. The Hall–Kier alpha value is -2.34. The number of nitrogens with zero attached hydrogens (tertiary/aromatic N) is 4. The van der Waals surface area contributed by atoms with Gasteiger partial charge in [0.25, 0.3) is 0 Å². The van der Waals surface area contributed by atoms with Crippen LogP contribution in [0.25, 0.3) is 0 Å². The number of benzene rings is 1. The number of aromatic nitrogens is 2. The topological polar surface area (TPSA) is 53.5 Å². The maximum atomic E-state index is 5.45. The molecule has 0 aliphatic carbocycles. The smallest absolute Gasteiger partial charge is 0.229 e. The molecule has 1 aliphatic rings. The van der Waals surface area contributed by atoms with E-state index >= 15 is 0 Å². The molecular formula is C18H25N5O. The number of hydrogen-bond acceptors (Lipinski definition) is 6. The molecule has 2 heterocycles. The molecule has 24 heavy (non-hydrogen) atoms. The molecule has 0 spiro atoms. The van der Waals surface area contributed by atoms with Gasteiger partial charge in [-0.05, 0) is 32.0 Å². The Bertz CT molecular complexity index is 653. The van der Waals surface area contributed by atoms with Crippen molar-refractivity contribution in [3.8, 4) is 0 Å². The summed E-state index contributed by atoms with van der Waals surface area (Å²) in [6.45, 7) is 9.45. The van der Waals surface area contributed by atoms with Gasteiger partial charge in [-0.25, -0.2) is 4.98 Å². The van der Waals surface area contributed by atoms with Crippen LogP contribution in [-0.2, 0) is 4.74 Å². The summed E-state index contributed by atoms with van der Waals surface area (Å²) in [5.41, 5.74) is 2.19. The molecule has 1 saturated heterocycles. The van der Waals surface area contributed by atoms with Crippen molar-refractivity contribution in [2.75, 3.05) is 54.5 Å². The summed E-state index contributed by atoms with van der Waals surface area (Å²) >= 11 is 0. The minimum absolute atomic E-state index is 0.625. The van der Waals surface area contributed by atoms with Crippen LogP contribution in [0.5, 0.6) is 0 Å². The molecule has 0 amide bonds. The Morgan fingerprint density at radius 3 is 2.62 bits per heavy atom. The van der Waals surface area contributed by atoms with Crippen molar-refractivity contribution in [2.45, 2.75) is 13.8 Å². The second-order valence-electron chi connectivity index (χ2n) is 5.65. The summed E-state index contributed by atoms with van der Waals surface area (Å²) in [7, 11) is 0. The predicted octanol–water partition coefficient (Wildman–Crippen LogP) is 2.90. The number of hydrogen-bond donors (Lipinski definition) is 1. The highest BCUT2D eigenvalue weighted by atomic mass is 16.5. The van der Waals surface area contributed by atoms with Gasteiger partial charge >= 0.3 is 0 Å². The van der Waals surface area contributed by atoms with E-state index in [1.54, 1.807) is 6.20 Å².